The Morgan fingerprint density at radius 3 is 2.48 bits per heavy atom. The van der Waals surface area contributed by atoms with Crippen LogP contribution in [0.15, 0.2) is 39.5 Å². The van der Waals surface area contributed by atoms with E-state index in [4.69, 9.17) is 9.52 Å². The number of rotatable bonds is 3. The molecule has 3 aromatic rings. The quantitative estimate of drug-likeness (QED) is 0.592. The maximum Gasteiger partial charge on any atom is 0.335 e. The standard InChI is InChI=1S/C18H14O5/c1-3-10-6-12(9(2)19)17-14(7-10)16(20)13-8-11(18(21)22)4-5-15(13)23-17/h4-8H,3H2,1-2H3,(H,21,22). The van der Waals surface area contributed by atoms with E-state index in [0.29, 0.717) is 17.4 Å². The van der Waals surface area contributed by atoms with E-state index < -0.39 is 5.97 Å². The number of aromatic carboxylic acids is 1. The van der Waals surface area contributed by atoms with Gasteiger partial charge in [0.05, 0.1) is 21.9 Å². The number of hydrogen-bond donors (Lipinski definition) is 1. The maximum absolute atomic E-state index is 12.7. The third kappa shape index (κ3) is 2.40. The van der Waals surface area contributed by atoms with Gasteiger partial charge in [-0.2, -0.15) is 0 Å². The Morgan fingerprint density at radius 1 is 1.13 bits per heavy atom. The molecule has 0 aliphatic carbocycles. The summed E-state index contributed by atoms with van der Waals surface area (Å²) in [6, 6.07) is 7.53. The molecule has 0 unspecified atom stereocenters. The minimum Gasteiger partial charge on any atom is -0.478 e. The van der Waals surface area contributed by atoms with Gasteiger partial charge in [-0.3, -0.25) is 9.59 Å². The van der Waals surface area contributed by atoms with Crippen LogP contribution in [0.2, 0.25) is 0 Å². The van der Waals surface area contributed by atoms with E-state index in [1.165, 1.54) is 25.1 Å². The summed E-state index contributed by atoms with van der Waals surface area (Å²) in [7, 11) is 0. The van der Waals surface area contributed by atoms with Crippen molar-refractivity contribution < 1.29 is 19.1 Å². The summed E-state index contributed by atoms with van der Waals surface area (Å²) in [5.74, 6) is -1.30. The van der Waals surface area contributed by atoms with Gasteiger partial charge >= 0.3 is 5.97 Å². The molecule has 0 aliphatic heterocycles. The SMILES string of the molecule is CCc1cc(C(C)=O)c2oc3ccc(C(=O)O)cc3c(=O)c2c1. The molecule has 2 aromatic carbocycles. The first-order chi connectivity index (χ1) is 10.9. The number of carbonyl (C=O) groups excluding carboxylic acids is 1. The number of ketones is 1. The average molecular weight is 310 g/mol. The summed E-state index contributed by atoms with van der Waals surface area (Å²) in [5, 5.41) is 9.56. The molecule has 0 fully saturated rings. The lowest BCUT2D eigenvalue weighted by Crippen LogP contribution is -2.07. The molecule has 5 heteroatoms. The summed E-state index contributed by atoms with van der Waals surface area (Å²) in [6.07, 6.45) is 0.670. The second kappa shape index (κ2) is 5.35. The number of fused-ring (bicyclic) bond motifs is 2. The molecule has 1 heterocycles. The van der Waals surface area contributed by atoms with Crippen molar-refractivity contribution in [3.05, 3.63) is 57.2 Å². The molecule has 0 aliphatic rings. The highest BCUT2D eigenvalue weighted by molar-refractivity contribution is 6.07. The molecule has 0 radical (unpaired) electrons. The summed E-state index contributed by atoms with van der Waals surface area (Å²) < 4.78 is 5.74. The van der Waals surface area contributed by atoms with Gasteiger partial charge in [-0.15, -0.1) is 0 Å². The van der Waals surface area contributed by atoms with Crippen molar-refractivity contribution in [2.24, 2.45) is 0 Å². The van der Waals surface area contributed by atoms with Crippen LogP contribution in [0.3, 0.4) is 0 Å². The van der Waals surface area contributed by atoms with E-state index >= 15 is 0 Å². The third-order valence-electron chi connectivity index (χ3n) is 3.86. The van der Waals surface area contributed by atoms with Crippen LogP contribution in [0.4, 0.5) is 0 Å². The van der Waals surface area contributed by atoms with Crippen LogP contribution < -0.4 is 5.43 Å². The zero-order valence-electron chi connectivity index (χ0n) is 12.7. The lowest BCUT2D eigenvalue weighted by Gasteiger charge is -2.08. The first-order valence-electron chi connectivity index (χ1n) is 7.20. The minimum atomic E-state index is -1.11. The van der Waals surface area contributed by atoms with Crippen molar-refractivity contribution in [2.45, 2.75) is 20.3 Å². The fourth-order valence-electron chi connectivity index (χ4n) is 2.62. The lowest BCUT2D eigenvalue weighted by atomic mass is 10.0. The molecule has 1 aromatic heterocycles. The van der Waals surface area contributed by atoms with E-state index in [2.05, 4.69) is 0 Å². The number of benzene rings is 2. The Labute approximate surface area is 131 Å². The number of aryl methyl sites for hydroxylation is 1. The Hall–Kier alpha value is -2.95. The molecule has 0 amide bonds. The first kappa shape index (κ1) is 15.0. The molecule has 5 nitrogen and oxygen atoms in total. The molecule has 0 saturated heterocycles. The topological polar surface area (TPSA) is 84.6 Å². The maximum atomic E-state index is 12.7. The number of carboxylic acid groups (broad SMARTS) is 1. The van der Waals surface area contributed by atoms with Crippen molar-refractivity contribution >= 4 is 33.7 Å². The van der Waals surface area contributed by atoms with Crippen molar-refractivity contribution in [3.8, 4) is 0 Å². The number of hydrogen-bond acceptors (Lipinski definition) is 4. The normalized spacial score (nSPS) is 11.0. The summed E-state index contributed by atoms with van der Waals surface area (Å²) >= 11 is 0. The van der Waals surface area contributed by atoms with Gasteiger partial charge in [0.2, 0.25) is 5.43 Å². The molecule has 0 saturated carbocycles. The van der Waals surface area contributed by atoms with Gasteiger partial charge in [-0.05, 0) is 49.2 Å². The highest BCUT2D eigenvalue weighted by Crippen LogP contribution is 2.25. The molecular weight excluding hydrogens is 296 g/mol. The van der Waals surface area contributed by atoms with Gasteiger partial charge in [0.15, 0.2) is 5.78 Å². The predicted molar refractivity (Wildman–Crippen MR) is 86.3 cm³/mol. The second-order valence-corrected chi connectivity index (χ2v) is 5.38. The summed E-state index contributed by atoms with van der Waals surface area (Å²) in [5.41, 5.74) is 1.41. The van der Waals surface area contributed by atoms with E-state index in [0.717, 1.165) is 5.56 Å². The van der Waals surface area contributed by atoms with Gasteiger partial charge in [-0.1, -0.05) is 6.92 Å². The van der Waals surface area contributed by atoms with Crippen LogP contribution in [-0.4, -0.2) is 16.9 Å². The summed E-state index contributed by atoms with van der Waals surface area (Å²) in [6.45, 7) is 3.35. The molecule has 23 heavy (non-hydrogen) atoms. The number of carbonyl (C=O) groups is 2. The lowest BCUT2D eigenvalue weighted by molar-refractivity contribution is 0.0697. The van der Waals surface area contributed by atoms with E-state index in [1.54, 1.807) is 12.1 Å². The minimum absolute atomic E-state index is 0.0163. The molecule has 0 bridgehead atoms. The predicted octanol–water partition coefficient (Wildman–Crippen LogP) is 3.41. The first-order valence-corrected chi connectivity index (χ1v) is 7.20. The highest BCUT2D eigenvalue weighted by atomic mass is 16.4. The molecular formula is C18H14O5. The van der Waals surface area contributed by atoms with Crippen LogP contribution in [-0.2, 0) is 6.42 Å². The van der Waals surface area contributed by atoms with Gasteiger partial charge in [0.25, 0.3) is 0 Å². The average Bonchev–Trinajstić information content (AvgIpc) is 2.53. The Morgan fingerprint density at radius 2 is 1.87 bits per heavy atom. The van der Waals surface area contributed by atoms with Crippen molar-refractivity contribution in [1.82, 2.24) is 0 Å². The van der Waals surface area contributed by atoms with Crippen molar-refractivity contribution in [1.29, 1.82) is 0 Å². The molecule has 1 N–H and O–H groups in total. The summed E-state index contributed by atoms with van der Waals surface area (Å²) in [4.78, 5) is 35.7. The molecule has 3 rings (SSSR count). The van der Waals surface area contributed by atoms with Crippen molar-refractivity contribution in [2.75, 3.05) is 0 Å². The zero-order chi connectivity index (χ0) is 16.7. The second-order valence-electron chi connectivity index (χ2n) is 5.38. The van der Waals surface area contributed by atoms with E-state index in [-0.39, 0.29) is 33.3 Å². The van der Waals surface area contributed by atoms with Gasteiger partial charge in [0, 0.05) is 0 Å². The smallest absolute Gasteiger partial charge is 0.335 e. The Bertz CT molecular complexity index is 1030. The van der Waals surface area contributed by atoms with Gasteiger partial charge in [-0.25, -0.2) is 4.79 Å². The van der Waals surface area contributed by atoms with E-state index in [9.17, 15) is 14.4 Å². The Kier molecular flexibility index (Phi) is 3.48. The van der Waals surface area contributed by atoms with E-state index in [1.807, 2.05) is 6.92 Å². The van der Waals surface area contributed by atoms with Crippen LogP contribution in [0.25, 0.3) is 21.9 Å². The van der Waals surface area contributed by atoms with Crippen LogP contribution >= 0.6 is 0 Å². The molecule has 0 atom stereocenters. The monoisotopic (exact) mass is 310 g/mol. The van der Waals surface area contributed by atoms with Gasteiger partial charge in [0.1, 0.15) is 11.2 Å². The number of carboxylic acids is 1. The van der Waals surface area contributed by atoms with Crippen LogP contribution in [0.5, 0.6) is 0 Å². The Balaban J connectivity index is 2.50. The van der Waals surface area contributed by atoms with Crippen LogP contribution in [0.1, 0.15) is 40.1 Å². The van der Waals surface area contributed by atoms with Crippen LogP contribution in [0, 0.1) is 0 Å². The zero-order valence-corrected chi connectivity index (χ0v) is 12.7. The van der Waals surface area contributed by atoms with Crippen molar-refractivity contribution in [3.63, 3.8) is 0 Å². The highest BCUT2D eigenvalue weighted by Gasteiger charge is 2.16. The number of Topliss-reactive ketones (excluding diaryl/α,β-unsaturated/α-hetero) is 1. The largest absolute Gasteiger partial charge is 0.478 e. The molecule has 116 valence electrons. The fourth-order valence-corrected chi connectivity index (χ4v) is 2.62. The third-order valence-corrected chi connectivity index (χ3v) is 3.86. The van der Waals surface area contributed by atoms with Gasteiger partial charge < -0.3 is 9.52 Å². The fraction of sp³-hybridized carbons (Fsp3) is 0.167. The molecule has 0 spiro atoms.